The maximum atomic E-state index is 10.4. The first kappa shape index (κ1) is 8.43. The molecule has 0 aromatic heterocycles. The topological polar surface area (TPSA) is 37.3 Å². The van der Waals surface area contributed by atoms with Crippen molar-refractivity contribution in [2.24, 2.45) is 0 Å². The van der Waals surface area contributed by atoms with Crippen molar-refractivity contribution in [1.29, 1.82) is 0 Å². The molecule has 0 heterocycles. The second kappa shape index (κ2) is 3.64. The molecule has 1 rings (SSSR count). The van der Waals surface area contributed by atoms with E-state index >= 15 is 0 Å². The van der Waals surface area contributed by atoms with Crippen molar-refractivity contribution in [2.75, 3.05) is 0 Å². The lowest BCUT2D eigenvalue weighted by Crippen LogP contribution is -1.91. The number of rotatable bonds is 2. The minimum Gasteiger partial charge on any atom is -0.392 e. The molecule has 1 aromatic carbocycles. The highest BCUT2D eigenvalue weighted by Crippen LogP contribution is 2.14. The molecular weight excluding hydrogens is 208 g/mol. The highest BCUT2D eigenvalue weighted by molar-refractivity contribution is 9.10. The van der Waals surface area contributed by atoms with Crippen LogP contribution in [0.15, 0.2) is 22.7 Å². The minimum atomic E-state index is -0.0959. The zero-order valence-electron chi connectivity index (χ0n) is 5.75. The van der Waals surface area contributed by atoms with Crippen LogP contribution in [0.5, 0.6) is 0 Å². The molecule has 0 spiro atoms. The van der Waals surface area contributed by atoms with Crippen LogP contribution in [0.1, 0.15) is 15.9 Å². The van der Waals surface area contributed by atoms with E-state index in [0.717, 1.165) is 10.8 Å². The first-order chi connectivity index (χ1) is 5.27. The number of halogens is 1. The van der Waals surface area contributed by atoms with Gasteiger partial charge >= 0.3 is 0 Å². The van der Waals surface area contributed by atoms with Gasteiger partial charge in [0, 0.05) is 10.0 Å². The Balaban J connectivity index is 3.16. The molecule has 0 aliphatic carbocycles. The zero-order chi connectivity index (χ0) is 8.27. The van der Waals surface area contributed by atoms with Crippen molar-refractivity contribution < 1.29 is 9.90 Å². The normalized spacial score (nSPS) is 9.64. The smallest absolute Gasteiger partial charge is 0.150 e. The van der Waals surface area contributed by atoms with E-state index in [1.807, 2.05) is 0 Å². The van der Waals surface area contributed by atoms with Crippen molar-refractivity contribution in [2.45, 2.75) is 6.61 Å². The fourth-order valence-electron chi connectivity index (χ4n) is 0.819. The Morgan fingerprint density at radius 3 is 2.82 bits per heavy atom. The molecule has 0 unspecified atom stereocenters. The Kier molecular flexibility index (Phi) is 2.79. The van der Waals surface area contributed by atoms with Gasteiger partial charge in [0.25, 0.3) is 0 Å². The summed E-state index contributed by atoms with van der Waals surface area (Å²) in [6.45, 7) is -0.0959. The quantitative estimate of drug-likeness (QED) is 0.763. The van der Waals surface area contributed by atoms with Crippen LogP contribution in [0, 0.1) is 0 Å². The van der Waals surface area contributed by atoms with Crippen LogP contribution in [0.4, 0.5) is 0 Å². The SMILES string of the molecule is O=Cc1cc(Br)ccc1CO. The summed E-state index contributed by atoms with van der Waals surface area (Å²) < 4.78 is 0.844. The van der Waals surface area contributed by atoms with Gasteiger partial charge in [-0.2, -0.15) is 0 Å². The molecule has 0 radical (unpaired) electrons. The Hall–Kier alpha value is -0.670. The predicted octanol–water partition coefficient (Wildman–Crippen LogP) is 1.75. The number of aliphatic hydroxyl groups excluding tert-OH is 1. The lowest BCUT2D eigenvalue weighted by molar-refractivity contribution is 0.112. The van der Waals surface area contributed by atoms with E-state index < -0.39 is 0 Å². The van der Waals surface area contributed by atoms with Gasteiger partial charge in [0.05, 0.1) is 6.61 Å². The van der Waals surface area contributed by atoms with E-state index in [-0.39, 0.29) is 6.61 Å². The van der Waals surface area contributed by atoms with Crippen LogP contribution in [0.2, 0.25) is 0 Å². The van der Waals surface area contributed by atoms with Crippen LogP contribution >= 0.6 is 15.9 Å². The highest BCUT2D eigenvalue weighted by atomic mass is 79.9. The molecule has 0 saturated heterocycles. The largest absolute Gasteiger partial charge is 0.392 e. The summed E-state index contributed by atoms with van der Waals surface area (Å²) in [7, 11) is 0. The molecule has 2 nitrogen and oxygen atoms in total. The number of aldehydes is 1. The summed E-state index contributed by atoms with van der Waals surface area (Å²) in [6, 6.07) is 5.19. The predicted molar refractivity (Wildman–Crippen MR) is 45.5 cm³/mol. The van der Waals surface area contributed by atoms with Crippen molar-refractivity contribution >= 4 is 22.2 Å². The number of hydrogen-bond donors (Lipinski definition) is 1. The molecule has 0 fully saturated rings. The summed E-state index contributed by atoms with van der Waals surface area (Å²) in [6.07, 6.45) is 0.732. The molecule has 1 N–H and O–H groups in total. The molecule has 58 valence electrons. The fourth-order valence-corrected chi connectivity index (χ4v) is 1.20. The number of carbonyl (C=O) groups excluding carboxylic acids is 1. The van der Waals surface area contributed by atoms with Crippen LogP contribution in [0.3, 0.4) is 0 Å². The second-order valence-electron chi connectivity index (χ2n) is 2.12. The maximum Gasteiger partial charge on any atom is 0.150 e. The molecule has 0 saturated carbocycles. The summed E-state index contributed by atoms with van der Waals surface area (Å²) in [4.78, 5) is 10.4. The third-order valence-corrected chi connectivity index (χ3v) is 1.90. The molecule has 1 aromatic rings. The average molecular weight is 215 g/mol. The molecule has 0 atom stereocenters. The number of hydrogen-bond acceptors (Lipinski definition) is 2. The monoisotopic (exact) mass is 214 g/mol. The van der Waals surface area contributed by atoms with Crippen molar-refractivity contribution in [1.82, 2.24) is 0 Å². The first-order valence-electron chi connectivity index (χ1n) is 3.12. The van der Waals surface area contributed by atoms with E-state index in [0.29, 0.717) is 11.1 Å². The number of aliphatic hydroxyl groups is 1. The summed E-state index contributed by atoms with van der Waals surface area (Å²) in [5, 5.41) is 8.77. The van der Waals surface area contributed by atoms with Gasteiger partial charge in [-0.1, -0.05) is 22.0 Å². The van der Waals surface area contributed by atoms with Gasteiger partial charge in [-0.05, 0) is 17.7 Å². The van der Waals surface area contributed by atoms with Gasteiger partial charge in [0.1, 0.15) is 6.29 Å². The lowest BCUT2D eigenvalue weighted by Gasteiger charge is -1.99. The third-order valence-electron chi connectivity index (χ3n) is 1.41. The number of carbonyl (C=O) groups is 1. The van der Waals surface area contributed by atoms with Gasteiger partial charge < -0.3 is 5.11 Å². The molecule has 0 aliphatic rings. The fraction of sp³-hybridized carbons (Fsp3) is 0.125. The van der Waals surface area contributed by atoms with Crippen LogP contribution in [0.25, 0.3) is 0 Å². The molecule has 0 amide bonds. The highest BCUT2D eigenvalue weighted by Gasteiger charge is 1.99. The first-order valence-corrected chi connectivity index (χ1v) is 3.91. The zero-order valence-corrected chi connectivity index (χ0v) is 7.34. The van der Waals surface area contributed by atoms with Crippen molar-refractivity contribution in [3.05, 3.63) is 33.8 Å². The summed E-state index contributed by atoms with van der Waals surface area (Å²) in [5.41, 5.74) is 1.19. The number of benzene rings is 1. The second-order valence-corrected chi connectivity index (χ2v) is 3.03. The Bertz CT molecular complexity index is 271. The van der Waals surface area contributed by atoms with Crippen molar-refractivity contribution in [3.63, 3.8) is 0 Å². The van der Waals surface area contributed by atoms with Gasteiger partial charge in [-0.15, -0.1) is 0 Å². The Morgan fingerprint density at radius 1 is 1.55 bits per heavy atom. The van der Waals surface area contributed by atoms with Gasteiger partial charge in [0.15, 0.2) is 0 Å². The lowest BCUT2D eigenvalue weighted by atomic mass is 10.1. The van der Waals surface area contributed by atoms with Gasteiger partial charge in [-0.25, -0.2) is 0 Å². The van der Waals surface area contributed by atoms with Gasteiger partial charge in [0.2, 0.25) is 0 Å². The Labute approximate surface area is 73.0 Å². The minimum absolute atomic E-state index is 0.0959. The standard InChI is InChI=1S/C8H7BrO2/c9-8-2-1-6(4-10)7(3-8)5-11/h1-3,5,10H,4H2. The van der Waals surface area contributed by atoms with Crippen LogP contribution in [-0.2, 0) is 6.61 Å². The maximum absolute atomic E-state index is 10.4. The van der Waals surface area contributed by atoms with E-state index in [4.69, 9.17) is 5.11 Å². The molecule has 0 bridgehead atoms. The van der Waals surface area contributed by atoms with E-state index in [1.54, 1.807) is 18.2 Å². The van der Waals surface area contributed by atoms with Crippen LogP contribution < -0.4 is 0 Å². The van der Waals surface area contributed by atoms with E-state index in [1.165, 1.54) is 0 Å². The molecule has 11 heavy (non-hydrogen) atoms. The third kappa shape index (κ3) is 1.88. The summed E-state index contributed by atoms with van der Waals surface area (Å²) in [5.74, 6) is 0. The van der Waals surface area contributed by atoms with Crippen LogP contribution in [-0.4, -0.2) is 11.4 Å². The van der Waals surface area contributed by atoms with Crippen molar-refractivity contribution in [3.8, 4) is 0 Å². The molecular formula is C8H7BrO2. The summed E-state index contributed by atoms with van der Waals surface area (Å²) >= 11 is 3.23. The molecule has 0 aliphatic heterocycles. The Morgan fingerprint density at radius 2 is 2.27 bits per heavy atom. The van der Waals surface area contributed by atoms with E-state index in [9.17, 15) is 4.79 Å². The average Bonchev–Trinajstić information content (AvgIpc) is 2.04. The molecule has 3 heteroatoms. The van der Waals surface area contributed by atoms with E-state index in [2.05, 4.69) is 15.9 Å². The van der Waals surface area contributed by atoms with Gasteiger partial charge in [-0.3, -0.25) is 4.79 Å².